The lowest BCUT2D eigenvalue weighted by Gasteiger charge is -2.09. The summed E-state index contributed by atoms with van der Waals surface area (Å²) in [5.74, 6) is 21.5. The molecule has 0 saturated carbocycles. The number of rotatable bonds is 6. The van der Waals surface area contributed by atoms with E-state index in [1.165, 1.54) is 0 Å². The van der Waals surface area contributed by atoms with Gasteiger partial charge in [0.2, 0.25) is 0 Å². The number of carbonyl (C=O) groups is 2. The molecule has 8 heteroatoms. The zero-order valence-electron chi connectivity index (χ0n) is 16.7. The van der Waals surface area contributed by atoms with Gasteiger partial charge in [-0.1, -0.05) is 11.8 Å². The molecule has 0 bridgehead atoms. The Morgan fingerprint density at radius 2 is 1.20 bits per heavy atom. The van der Waals surface area contributed by atoms with E-state index in [2.05, 4.69) is 34.5 Å². The van der Waals surface area contributed by atoms with E-state index in [1.807, 2.05) is 13.8 Å². The summed E-state index contributed by atoms with van der Waals surface area (Å²) in [6.07, 6.45) is 0. The fourth-order valence-electron chi connectivity index (χ4n) is 2.49. The van der Waals surface area contributed by atoms with Crippen molar-refractivity contribution in [2.24, 2.45) is 11.7 Å². The molecule has 2 rings (SSSR count). The fourth-order valence-corrected chi connectivity index (χ4v) is 2.49. The van der Waals surface area contributed by atoms with Gasteiger partial charge in [-0.2, -0.15) is 0 Å². The van der Waals surface area contributed by atoms with Crippen molar-refractivity contribution in [3.8, 4) is 35.2 Å². The molecule has 6 N–H and O–H groups in total. The first-order valence-electron chi connectivity index (χ1n) is 9.11. The van der Waals surface area contributed by atoms with Gasteiger partial charge in [0, 0.05) is 11.1 Å². The minimum Gasteiger partial charge on any atom is -0.493 e. The van der Waals surface area contributed by atoms with Crippen LogP contribution in [0.5, 0.6) is 11.5 Å². The van der Waals surface area contributed by atoms with Gasteiger partial charge in [0.15, 0.2) is 0 Å². The standard InChI is InChI=1S/C22H22N4O4/c1-3-29-19-13-15(9-11-17(19)21(27)25-23)7-5-6-8-16-10-12-18(22(28)26-24)20(14-16)30-4-2/h9-14H,3-4,23-24H2,1-2H3,(H,25,27)(H,26,28). The summed E-state index contributed by atoms with van der Waals surface area (Å²) < 4.78 is 11.0. The van der Waals surface area contributed by atoms with Crippen LogP contribution in [0.15, 0.2) is 36.4 Å². The second kappa shape index (κ2) is 11.1. The molecule has 2 aromatic carbocycles. The third-order valence-electron chi connectivity index (χ3n) is 3.79. The molecule has 0 heterocycles. The van der Waals surface area contributed by atoms with Gasteiger partial charge < -0.3 is 9.47 Å². The topological polar surface area (TPSA) is 129 Å². The monoisotopic (exact) mass is 406 g/mol. The summed E-state index contributed by atoms with van der Waals surface area (Å²) in [6.45, 7) is 4.41. The van der Waals surface area contributed by atoms with E-state index in [1.54, 1.807) is 36.4 Å². The molecule has 0 fully saturated rings. The molecular weight excluding hydrogens is 384 g/mol. The summed E-state index contributed by atoms with van der Waals surface area (Å²) in [6, 6.07) is 9.82. The Morgan fingerprint density at radius 1 is 0.800 bits per heavy atom. The molecule has 0 radical (unpaired) electrons. The van der Waals surface area contributed by atoms with Gasteiger partial charge in [0.1, 0.15) is 11.5 Å². The number of carbonyl (C=O) groups excluding carboxylic acids is 2. The van der Waals surface area contributed by atoms with Crippen LogP contribution in [-0.2, 0) is 0 Å². The fraction of sp³-hybridized carbons (Fsp3) is 0.182. The molecule has 0 aromatic heterocycles. The van der Waals surface area contributed by atoms with Crippen molar-refractivity contribution in [2.75, 3.05) is 13.2 Å². The Labute approximate surface area is 174 Å². The number of nitrogens with one attached hydrogen (secondary N) is 2. The quantitative estimate of drug-likeness (QED) is 0.246. The Balaban J connectivity index is 2.26. The number of nitrogens with two attached hydrogens (primary N) is 2. The van der Waals surface area contributed by atoms with Crippen LogP contribution in [0.2, 0.25) is 0 Å². The van der Waals surface area contributed by atoms with Crippen LogP contribution < -0.4 is 32.0 Å². The third kappa shape index (κ3) is 5.76. The minimum atomic E-state index is -0.449. The van der Waals surface area contributed by atoms with E-state index >= 15 is 0 Å². The molecule has 2 aromatic rings. The average Bonchev–Trinajstić information content (AvgIpc) is 2.76. The van der Waals surface area contributed by atoms with Crippen LogP contribution in [0, 0.1) is 23.7 Å². The maximum absolute atomic E-state index is 11.8. The van der Waals surface area contributed by atoms with E-state index in [-0.39, 0.29) is 0 Å². The Morgan fingerprint density at radius 3 is 1.53 bits per heavy atom. The van der Waals surface area contributed by atoms with Crippen LogP contribution >= 0.6 is 0 Å². The molecule has 0 aliphatic carbocycles. The second-order valence-corrected chi connectivity index (χ2v) is 5.73. The van der Waals surface area contributed by atoms with Crippen LogP contribution in [0.3, 0.4) is 0 Å². The van der Waals surface area contributed by atoms with E-state index < -0.39 is 11.8 Å². The van der Waals surface area contributed by atoms with Gasteiger partial charge in [-0.15, -0.1) is 0 Å². The number of hydrogen-bond acceptors (Lipinski definition) is 6. The van der Waals surface area contributed by atoms with Gasteiger partial charge in [-0.3, -0.25) is 20.4 Å². The van der Waals surface area contributed by atoms with E-state index in [4.69, 9.17) is 21.2 Å². The molecule has 0 unspecified atom stereocenters. The molecule has 0 atom stereocenters. The number of hydrogen-bond donors (Lipinski definition) is 4. The van der Waals surface area contributed by atoms with Crippen molar-refractivity contribution in [2.45, 2.75) is 13.8 Å². The third-order valence-corrected chi connectivity index (χ3v) is 3.79. The largest absolute Gasteiger partial charge is 0.493 e. The van der Waals surface area contributed by atoms with Crippen LogP contribution in [0.1, 0.15) is 45.7 Å². The molecule has 30 heavy (non-hydrogen) atoms. The second-order valence-electron chi connectivity index (χ2n) is 5.73. The molecular formula is C22H22N4O4. The summed E-state index contributed by atoms with van der Waals surface area (Å²) in [7, 11) is 0. The lowest BCUT2D eigenvalue weighted by Crippen LogP contribution is -2.30. The highest BCUT2D eigenvalue weighted by atomic mass is 16.5. The first kappa shape index (κ1) is 22.3. The first-order chi connectivity index (χ1) is 14.5. The highest BCUT2D eigenvalue weighted by molar-refractivity contribution is 5.97. The number of benzene rings is 2. The molecule has 0 saturated heterocycles. The summed E-state index contributed by atoms with van der Waals surface area (Å²) in [5, 5.41) is 0. The van der Waals surface area contributed by atoms with Crippen molar-refractivity contribution < 1.29 is 19.1 Å². The van der Waals surface area contributed by atoms with E-state index in [0.717, 1.165) is 0 Å². The predicted octanol–water partition coefficient (Wildman–Crippen LogP) is 1.09. The lowest BCUT2D eigenvalue weighted by molar-refractivity contribution is 0.0941. The molecule has 2 amide bonds. The molecule has 0 aliphatic heterocycles. The smallest absolute Gasteiger partial charge is 0.268 e. The zero-order valence-corrected chi connectivity index (χ0v) is 16.7. The van der Waals surface area contributed by atoms with Crippen LogP contribution in [-0.4, -0.2) is 25.0 Å². The van der Waals surface area contributed by atoms with Crippen molar-refractivity contribution >= 4 is 11.8 Å². The molecule has 0 aliphatic rings. The van der Waals surface area contributed by atoms with Gasteiger partial charge >= 0.3 is 0 Å². The minimum absolute atomic E-state index is 0.320. The Hall–Kier alpha value is -3.98. The average molecular weight is 406 g/mol. The number of amides is 2. The molecule has 154 valence electrons. The molecule has 0 spiro atoms. The highest BCUT2D eigenvalue weighted by Gasteiger charge is 2.12. The zero-order chi connectivity index (χ0) is 21.9. The van der Waals surface area contributed by atoms with Gasteiger partial charge in [-0.25, -0.2) is 11.7 Å². The maximum Gasteiger partial charge on any atom is 0.268 e. The van der Waals surface area contributed by atoms with Gasteiger partial charge in [0.25, 0.3) is 11.8 Å². The van der Waals surface area contributed by atoms with Gasteiger partial charge in [0.05, 0.1) is 24.3 Å². The van der Waals surface area contributed by atoms with Crippen molar-refractivity contribution in [3.63, 3.8) is 0 Å². The summed E-state index contributed by atoms with van der Waals surface area (Å²) in [4.78, 5) is 23.6. The number of ether oxygens (including phenoxy) is 2. The lowest BCUT2D eigenvalue weighted by atomic mass is 10.1. The van der Waals surface area contributed by atoms with Crippen LogP contribution in [0.4, 0.5) is 0 Å². The normalized spacial score (nSPS) is 9.33. The number of hydrazine groups is 2. The van der Waals surface area contributed by atoms with Crippen molar-refractivity contribution in [1.82, 2.24) is 10.9 Å². The Bertz CT molecular complexity index is 973. The predicted molar refractivity (Wildman–Crippen MR) is 112 cm³/mol. The SMILES string of the molecule is CCOc1cc(C#CC#Cc2ccc(C(=O)NN)c(OCC)c2)ccc1C(=O)NN. The van der Waals surface area contributed by atoms with Gasteiger partial charge in [-0.05, 0) is 62.1 Å². The summed E-state index contributed by atoms with van der Waals surface area (Å²) in [5.41, 5.74) is 6.06. The first-order valence-corrected chi connectivity index (χ1v) is 9.11. The number of nitrogen functional groups attached to an aromatic ring is 2. The van der Waals surface area contributed by atoms with Crippen molar-refractivity contribution in [3.05, 3.63) is 58.7 Å². The van der Waals surface area contributed by atoms with Crippen molar-refractivity contribution in [1.29, 1.82) is 0 Å². The van der Waals surface area contributed by atoms with Crippen LogP contribution in [0.25, 0.3) is 0 Å². The summed E-state index contributed by atoms with van der Waals surface area (Å²) >= 11 is 0. The highest BCUT2D eigenvalue weighted by Crippen LogP contribution is 2.21. The van der Waals surface area contributed by atoms with E-state index in [0.29, 0.717) is 47.0 Å². The Kier molecular flexibility index (Phi) is 8.27. The maximum atomic E-state index is 11.8. The van der Waals surface area contributed by atoms with E-state index in [9.17, 15) is 9.59 Å². The molecule has 8 nitrogen and oxygen atoms in total.